The Balaban J connectivity index is 2.55. The molecule has 0 saturated carbocycles. The molecule has 0 bridgehead atoms. The van der Waals surface area contributed by atoms with Gasteiger partial charge < -0.3 is 14.5 Å². The van der Waals surface area contributed by atoms with E-state index >= 15 is 0 Å². The summed E-state index contributed by atoms with van der Waals surface area (Å²) in [6.07, 6.45) is 2.32. The highest BCUT2D eigenvalue weighted by molar-refractivity contribution is 5.86. The van der Waals surface area contributed by atoms with Crippen molar-refractivity contribution in [2.45, 2.75) is 52.6 Å². The highest BCUT2D eigenvalue weighted by atomic mass is 16.5. The molecule has 4 heteroatoms. The van der Waals surface area contributed by atoms with Gasteiger partial charge in [0.2, 0.25) is 5.76 Å². The first-order chi connectivity index (χ1) is 8.97. The maximum atomic E-state index is 11.3. The average Bonchev–Trinajstić information content (AvgIpc) is 2.87. The number of carbonyl (C=O) groups is 1. The highest BCUT2D eigenvalue weighted by Gasteiger charge is 2.17. The quantitative estimate of drug-likeness (QED) is 0.768. The summed E-state index contributed by atoms with van der Waals surface area (Å²) in [5.41, 5.74) is 0. The van der Waals surface area contributed by atoms with Crippen LogP contribution in [0.4, 0.5) is 0 Å². The summed E-state index contributed by atoms with van der Waals surface area (Å²) in [4.78, 5) is 11.3. The van der Waals surface area contributed by atoms with Gasteiger partial charge >= 0.3 is 5.97 Å². The van der Waals surface area contributed by atoms with Gasteiger partial charge in [0, 0.05) is 6.04 Å². The van der Waals surface area contributed by atoms with Crippen LogP contribution < -0.4 is 5.32 Å². The smallest absolute Gasteiger partial charge is 0.373 e. The average molecular weight is 267 g/mol. The van der Waals surface area contributed by atoms with E-state index in [1.165, 1.54) is 13.5 Å². The van der Waals surface area contributed by atoms with Gasteiger partial charge in [-0.05, 0) is 38.3 Å². The fraction of sp³-hybridized carbons (Fsp3) is 0.667. The van der Waals surface area contributed by atoms with E-state index in [4.69, 9.17) is 4.42 Å². The molecule has 3 unspecified atom stereocenters. The molecule has 4 nitrogen and oxygen atoms in total. The maximum Gasteiger partial charge on any atom is 0.373 e. The molecule has 0 aliphatic rings. The predicted molar refractivity (Wildman–Crippen MR) is 75.1 cm³/mol. The molecule has 1 aromatic heterocycles. The van der Waals surface area contributed by atoms with E-state index in [0.29, 0.717) is 12.0 Å². The molecule has 19 heavy (non-hydrogen) atoms. The molecular weight excluding hydrogens is 242 g/mol. The van der Waals surface area contributed by atoms with Gasteiger partial charge in [0.05, 0.1) is 13.2 Å². The van der Waals surface area contributed by atoms with Crippen molar-refractivity contribution < 1.29 is 13.9 Å². The maximum absolute atomic E-state index is 11.3. The minimum absolute atomic E-state index is 0.0810. The fourth-order valence-corrected chi connectivity index (χ4v) is 2.14. The number of carbonyl (C=O) groups excluding carboxylic acids is 1. The molecule has 0 aliphatic carbocycles. The van der Waals surface area contributed by atoms with Crippen molar-refractivity contribution in [1.29, 1.82) is 0 Å². The number of methoxy groups -OCH3 is 1. The molecule has 0 spiro atoms. The molecule has 0 fully saturated rings. The third kappa shape index (κ3) is 4.71. The fourth-order valence-electron chi connectivity index (χ4n) is 2.14. The first kappa shape index (κ1) is 15.8. The van der Waals surface area contributed by atoms with Crippen LogP contribution in [0.25, 0.3) is 0 Å². The van der Waals surface area contributed by atoms with Gasteiger partial charge in [-0.1, -0.05) is 20.3 Å². The Morgan fingerprint density at radius 1 is 1.37 bits per heavy atom. The second kappa shape index (κ2) is 7.34. The van der Waals surface area contributed by atoms with Crippen molar-refractivity contribution in [2.24, 2.45) is 5.92 Å². The van der Waals surface area contributed by atoms with Gasteiger partial charge in [0.1, 0.15) is 5.76 Å². The molecular formula is C15H25NO3. The summed E-state index contributed by atoms with van der Waals surface area (Å²) in [5.74, 6) is 1.28. The molecule has 0 radical (unpaired) electrons. The van der Waals surface area contributed by atoms with Crippen LogP contribution >= 0.6 is 0 Å². The van der Waals surface area contributed by atoms with E-state index in [2.05, 4.69) is 30.8 Å². The molecule has 1 N–H and O–H groups in total. The molecule has 108 valence electrons. The van der Waals surface area contributed by atoms with Crippen LogP contribution in [0.3, 0.4) is 0 Å². The summed E-state index contributed by atoms with van der Waals surface area (Å²) in [7, 11) is 1.35. The van der Waals surface area contributed by atoms with Crippen LogP contribution in [-0.2, 0) is 4.74 Å². The van der Waals surface area contributed by atoms with Crippen molar-refractivity contribution in [1.82, 2.24) is 5.32 Å². The van der Waals surface area contributed by atoms with Crippen LogP contribution in [0, 0.1) is 5.92 Å². The summed E-state index contributed by atoms with van der Waals surface area (Å²) in [6, 6.07) is 3.97. The molecule has 0 amide bonds. The lowest BCUT2D eigenvalue weighted by Gasteiger charge is -2.21. The topological polar surface area (TPSA) is 51.5 Å². The van der Waals surface area contributed by atoms with Gasteiger partial charge in [-0.3, -0.25) is 0 Å². The summed E-state index contributed by atoms with van der Waals surface area (Å²) in [6.45, 7) is 8.67. The number of esters is 1. The zero-order valence-corrected chi connectivity index (χ0v) is 12.5. The van der Waals surface area contributed by atoms with Crippen molar-refractivity contribution in [3.8, 4) is 0 Å². The van der Waals surface area contributed by atoms with E-state index in [1.54, 1.807) is 6.07 Å². The zero-order chi connectivity index (χ0) is 14.4. The molecule has 1 rings (SSSR count). The molecule has 1 aromatic rings. The Bertz CT molecular complexity index is 400. The SMILES string of the molecule is CCC(C)CC(C)NC(C)c1ccc(C(=O)OC)o1. The van der Waals surface area contributed by atoms with Crippen molar-refractivity contribution >= 4 is 5.97 Å². The Labute approximate surface area is 115 Å². The number of hydrogen-bond donors (Lipinski definition) is 1. The third-order valence-electron chi connectivity index (χ3n) is 3.43. The number of nitrogens with one attached hydrogen (secondary N) is 1. The zero-order valence-electron chi connectivity index (χ0n) is 12.5. The van der Waals surface area contributed by atoms with Crippen LogP contribution in [0.15, 0.2) is 16.5 Å². The van der Waals surface area contributed by atoms with Gasteiger partial charge in [-0.15, -0.1) is 0 Å². The Kier molecular flexibility index (Phi) is 6.09. The monoisotopic (exact) mass is 267 g/mol. The van der Waals surface area contributed by atoms with Gasteiger partial charge in [-0.25, -0.2) is 4.79 Å². The lowest BCUT2D eigenvalue weighted by molar-refractivity contribution is 0.0562. The minimum Gasteiger partial charge on any atom is -0.463 e. The summed E-state index contributed by atoms with van der Waals surface area (Å²) in [5, 5.41) is 3.49. The van der Waals surface area contributed by atoms with E-state index in [1.807, 2.05) is 13.0 Å². The Morgan fingerprint density at radius 2 is 2.05 bits per heavy atom. The van der Waals surface area contributed by atoms with E-state index < -0.39 is 5.97 Å². The number of rotatable bonds is 7. The largest absolute Gasteiger partial charge is 0.463 e. The molecule has 0 aliphatic heterocycles. The van der Waals surface area contributed by atoms with Crippen LogP contribution in [0.1, 0.15) is 62.9 Å². The van der Waals surface area contributed by atoms with Gasteiger partial charge in [0.25, 0.3) is 0 Å². The summed E-state index contributed by atoms with van der Waals surface area (Å²) < 4.78 is 10.1. The van der Waals surface area contributed by atoms with Crippen molar-refractivity contribution in [3.63, 3.8) is 0 Å². The van der Waals surface area contributed by atoms with Crippen molar-refractivity contribution in [3.05, 3.63) is 23.7 Å². The first-order valence-corrected chi connectivity index (χ1v) is 6.92. The molecule has 0 saturated heterocycles. The predicted octanol–water partition coefficient (Wildman–Crippen LogP) is 3.54. The lowest BCUT2D eigenvalue weighted by atomic mass is 10.00. The Hall–Kier alpha value is -1.29. The molecule has 3 atom stereocenters. The van der Waals surface area contributed by atoms with E-state index in [-0.39, 0.29) is 11.8 Å². The molecule has 1 heterocycles. The number of hydrogen-bond acceptors (Lipinski definition) is 4. The second-order valence-corrected chi connectivity index (χ2v) is 5.23. The van der Waals surface area contributed by atoms with Crippen LogP contribution in [0.2, 0.25) is 0 Å². The van der Waals surface area contributed by atoms with E-state index in [9.17, 15) is 4.79 Å². The second-order valence-electron chi connectivity index (χ2n) is 5.23. The summed E-state index contributed by atoms with van der Waals surface area (Å²) >= 11 is 0. The Morgan fingerprint density at radius 3 is 2.63 bits per heavy atom. The van der Waals surface area contributed by atoms with Gasteiger partial charge in [-0.2, -0.15) is 0 Å². The minimum atomic E-state index is -0.439. The highest BCUT2D eigenvalue weighted by Crippen LogP contribution is 2.19. The third-order valence-corrected chi connectivity index (χ3v) is 3.43. The van der Waals surface area contributed by atoms with Crippen molar-refractivity contribution in [2.75, 3.05) is 7.11 Å². The lowest BCUT2D eigenvalue weighted by Crippen LogP contribution is -2.30. The van der Waals surface area contributed by atoms with Crippen LogP contribution in [-0.4, -0.2) is 19.1 Å². The first-order valence-electron chi connectivity index (χ1n) is 6.92. The normalized spacial score (nSPS) is 15.8. The van der Waals surface area contributed by atoms with Gasteiger partial charge in [0.15, 0.2) is 0 Å². The number of ether oxygens (including phenoxy) is 1. The van der Waals surface area contributed by atoms with E-state index in [0.717, 1.165) is 12.2 Å². The number of furan rings is 1. The standard InChI is InChI=1S/C15H25NO3/c1-6-10(2)9-11(3)16-12(4)13-7-8-14(19-13)15(17)18-5/h7-8,10-12,16H,6,9H2,1-5H3. The molecule has 0 aromatic carbocycles. The van der Waals surface area contributed by atoms with Crippen LogP contribution in [0.5, 0.6) is 0 Å².